The van der Waals surface area contributed by atoms with Crippen LogP contribution in [0.15, 0.2) is 35.6 Å². The fourth-order valence-electron chi connectivity index (χ4n) is 1.45. The third-order valence-corrected chi connectivity index (χ3v) is 2.28. The molecule has 17 heavy (non-hydrogen) atoms. The molecule has 0 radical (unpaired) electrons. The lowest BCUT2D eigenvalue weighted by atomic mass is 10.2. The van der Waals surface area contributed by atoms with E-state index < -0.39 is 5.79 Å². The van der Waals surface area contributed by atoms with E-state index in [9.17, 15) is 4.79 Å². The van der Waals surface area contributed by atoms with Crippen molar-refractivity contribution in [3.8, 4) is 0 Å². The number of rotatable bonds is 4. The second-order valence-electron chi connectivity index (χ2n) is 4.50. The largest absolute Gasteiger partial charge is 0.452 e. The minimum Gasteiger partial charge on any atom is -0.452 e. The quantitative estimate of drug-likeness (QED) is 0.553. The highest BCUT2D eigenvalue weighted by Gasteiger charge is 2.30. The van der Waals surface area contributed by atoms with E-state index in [2.05, 4.69) is 13.0 Å². The molecule has 0 fully saturated rings. The summed E-state index contributed by atoms with van der Waals surface area (Å²) in [5.41, 5.74) is 0.919. The maximum atomic E-state index is 11.3. The van der Waals surface area contributed by atoms with Crippen molar-refractivity contribution in [1.29, 1.82) is 0 Å². The lowest BCUT2D eigenvalue weighted by Crippen LogP contribution is -2.34. The van der Waals surface area contributed by atoms with Crippen LogP contribution in [0.5, 0.6) is 0 Å². The maximum Gasteiger partial charge on any atom is 0.337 e. The molecule has 0 spiro atoms. The lowest BCUT2D eigenvalue weighted by Gasteiger charge is -2.30. The number of hydrogen-bond acceptors (Lipinski definition) is 3. The first-order valence-electron chi connectivity index (χ1n) is 5.92. The summed E-state index contributed by atoms with van der Waals surface area (Å²) in [7, 11) is 0. The molecule has 0 saturated heterocycles. The summed E-state index contributed by atoms with van der Waals surface area (Å²) in [5, 5.41) is 0. The van der Waals surface area contributed by atoms with Gasteiger partial charge in [0.25, 0.3) is 0 Å². The average molecular weight is 236 g/mol. The monoisotopic (exact) mass is 236 g/mol. The molecule has 3 heteroatoms. The minimum absolute atomic E-state index is 0.360. The fraction of sp³-hybridized carbons (Fsp3) is 0.500. The first kappa shape index (κ1) is 13.6. The van der Waals surface area contributed by atoms with E-state index in [-0.39, 0.29) is 5.97 Å². The molecule has 0 aromatic heterocycles. The van der Waals surface area contributed by atoms with Gasteiger partial charge in [0.05, 0.1) is 6.08 Å². The van der Waals surface area contributed by atoms with Crippen molar-refractivity contribution in [2.45, 2.75) is 46.3 Å². The van der Waals surface area contributed by atoms with Gasteiger partial charge in [-0.05, 0) is 18.9 Å². The first-order valence-corrected chi connectivity index (χ1v) is 5.92. The van der Waals surface area contributed by atoms with Crippen LogP contribution in [-0.2, 0) is 14.3 Å². The van der Waals surface area contributed by atoms with Crippen LogP contribution < -0.4 is 0 Å². The standard InChI is InChI=1S/C14H20O3/c1-5-6-7-8-9-11(2)12-10-13(15)17-14(3,4)16-12/h7-10H,5-6H2,1-4H3/b8-7-,11-9-. The summed E-state index contributed by atoms with van der Waals surface area (Å²) < 4.78 is 10.6. The zero-order chi connectivity index (χ0) is 12.9. The van der Waals surface area contributed by atoms with Gasteiger partial charge >= 0.3 is 5.97 Å². The molecule has 1 aliphatic rings. The van der Waals surface area contributed by atoms with Crippen molar-refractivity contribution < 1.29 is 14.3 Å². The molecule has 0 saturated carbocycles. The highest BCUT2D eigenvalue weighted by Crippen LogP contribution is 2.26. The molecular formula is C14H20O3. The second-order valence-corrected chi connectivity index (χ2v) is 4.50. The third kappa shape index (κ3) is 4.47. The van der Waals surface area contributed by atoms with Crippen molar-refractivity contribution in [1.82, 2.24) is 0 Å². The number of cyclic esters (lactones) is 1. The summed E-state index contributed by atoms with van der Waals surface area (Å²) in [6, 6.07) is 0. The van der Waals surface area contributed by atoms with Crippen molar-refractivity contribution in [3.63, 3.8) is 0 Å². The molecule has 0 aromatic rings. The summed E-state index contributed by atoms with van der Waals surface area (Å²) in [4.78, 5) is 11.3. The molecule has 0 bridgehead atoms. The topological polar surface area (TPSA) is 35.5 Å². The number of unbranched alkanes of at least 4 members (excludes halogenated alkanes) is 1. The Morgan fingerprint density at radius 2 is 2.12 bits per heavy atom. The van der Waals surface area contributed by atoms with Crippen LogP contribution >= 0.6 is 0 Å². The van der Waals surface area contributed by atoms with Crippen molar-refractivity contribution in [3.05, 3.63) is 35.6 Å². The SMILES string of the molecule is CCC/C=C\C=C(\C)C1=CC(=O)OC(C)(C)O1. The number of carbonyl (C=O) groups is 1. The van der Waals surface area contributed by atoms with Gasteiger partial charge in [-0.25, -0.2) is 4.79 Å². The van der Waals surface area contributed by atoms with E-state index in [1.807, 2.05) is 19.1 Å². The normalized spacial score (nSPS) is 19.9. The van der Waals surface area contributed by atoms with Crippen molar-refractivity contribution in [2.24, 2.45) is 0 Å². The highest BCUT2D eigenvalue weighted by molar-refractivity contribution is 5.84. The van der Waals surface area contributed by atoms with Gasteiger partial charge in [0.1, 0.15) is 5.76 Å². The molecule has 0 amide bonds. The third-order valence-electron chi connectivity index (χ3n) is 2.28. The Balaban J connectivity index is 2.75. The lowest BCUT2D eigenvalue weighted by molar-refractivity contribution is -0.203. The molecule has 1 heterocycles. The molecule has 0 aromatic carbocycles. The van der Waals surface area contributed by atoms with E-state index in [0.717, 1.165) is 18.4 Å². The van der Waals surface area contributed by atoms with Gasteiger partial charge in [0.15, 0.2) is 0 Å². The number of allylic oxidation sites excluding steroid dienone is 4. The van der Waals surface area contributed by atoms with Crippen LogP contribution in [0, 0.1) is 0 Å². The molecule has 94 valence electrons. The van der Waals surface area contributed by atoms with Crippen molar-refractivity contribution in [2.75, 3.05) is 0 Å². The number of carbonyl (C=O) groups excluding carboxylic acids is 1. The van der Waals surface area contributed by atoms with E-state index in [4.69, 9.17) is 9.47 Å². The van der Waals surface area contributed by atoms with Crippen LogP contribution in [-0.4, -0.2) is 11.8 Å². The van der Waals surface area contributed by atoms with Gasteiger partial charge in [-0.1, -0.05) is 31.6 Å². The van der Waals surface area contributed by atoms with E-state index in [1.165, 1.54) is 6.08 Å². The van der Waals surface area contributed by atoms with Gasteiger partial charge in [-0.3, -0.25) is 0 Å². The van der Waals surface area contributed by atoms with E-state index in [1.54, 1.807) is 13.8 Å². The van der Waals surface area contributed by atoms with Crippen LogP contribution in [0.3, 0.4) is 0 Å². The molecule has 3 nitrogen and oxygen atoms in total. The highest BCUT2D eigenvalue weighted by atomic mass is 16.7. The summed E-state index contributed by atoms with van der Waals surface area (Å²) >= 11 is 0. The van der Waals surface area contributed by atoms with Gasteiger partial charge in [0, 0.05) is 13.8 Å². The van der Waals surface area contributed by atoms with Crippen LogP contribution in [0.1, 0.15) is 40.5 Å². The summed E-state index contributed by atoms with van der Waals surface area (Å²) in [6.07, 6.45) is 9.58. The Kier molecular flexibility index (Phi) is 4.55. The second kappa shape index (κ2) is 5.71. The average Bonchev–Trinajstić information content (AvgIpc) is 2.21. The molecular weight excluding hydrogens is 216 g/mol. The summed E-state index contributed by atoms with van der Waals surface area (Å²) in [5.74, 6) is -0.669. The Hall–Kier alpha value is -1.51. The predicted octanol–water partition coefficient (Wildman–Crippen LogP) is 3.48. The van der Waals surface area contributed by atoms with Gasteiger partial charge in [-0.2, -0.15) is 0 Å². The smallest absolute Gasteiger partial charge is 0.337 e. The fourth-order valence-corrected chi connectivity index (χ4v) is 1.45. The Labute approximate surface area is 103 Å². The zero-order valence-electron chi connectivity index (χ0n) is 10.9. The van der Waals surface area contributed by atoms with Crippen LogP contribution in [0.4, 0.5) is 0 Å². The van der Waals surface area contributed by atoms with Crippen LogP contribution in [0.2, 0.25) is 0 Å². The predicted molar refractivity (Wildman–Crippen MR) is 67.1 cm³/mol. The zero-order valence-corrected chi connectivity index (χ0v) is 10.9. The Morgan fingerprint density at radius 1 is 1.41 bits per heavy atom. The van der Waals surface area contributed by atoms with Gasteiger partial charge in [0.2, 0.25) is 5.79 Å². The number of esters is 1. The van der Waals surface area contributed by atoms with Gasteiger partial charge < -0.3 is 9.47 Å². The Morgan fingerprint density at radius 3 is 2.71 bits per heavy atom. The minimum atomic E-state index is -0.886. The maximum absolute atomic E-state index is 11.3. The Bertz CT molecular complexity index is 373. The first-order chi connectivity index (χ1) is 7.94. The number of hydrogen-bond donors (Lipinski definition) is 0. The molecule has 1 aliphatic heterocycles. The molecule has 1 rings (SSSR count). The van der Waals surface area contributed by atoms with Crippen molar-refractivity contribution >= 4 is 5.97 Å². The van der Waals surface area contributed by atoms with E-state index in [0.29, 0.717) is 5.76 Å². The summed E-state index contributed by atoms with van der Waals surface area (Å²) in [6.45, 7) is 7.49. The molecule has 0 aliphatic carbocycles. The number of ether oxygens (including phenoxy) is 2. The van der Waals surface area contributed by atoms with E-state index >= 15 is 0 Å². The van der Waals surface area contributed by atoms with Gasteiger partial charge in [-0.15, -0.1) is 0 Å². The molecule has 0 unspecified atom stereocenters. The van der Waals surface area contributed by atoms with Crippen LogP contribution in [0.25, 0.3) is 0 Å². The molecule has 0 atom stereocenters. The molecule has 0 N–H and O–H groups in total.